The molecule has 0 atom stereocenters. The highest BCUT2D eigenvalue weighted by molar-refractivity contribution is 6.04. The molecule has 2 heterocycles. The molecule has 1 aliphatic heterocycles. The number of aromatic amines is 1. The molecule has 0 saturated carbocycles. The Hall–Kier alpha value is -2.74. The molecule has 2 aromatic rings. The van der Waals surface area contributed by atoms with Crippen molar-refractivity contribution in [1.82, 2.24) is 15.5 Å². The highest BCUT2D eigenvalue weighted by Crippen LogP contribution is 2.20. The third-order valence-corrected chi connectivity index (χ3v) is 3.66. The number of anilines is 1. The first-order chi connectivity index (χ1) is 11.1. The molecule has 23 heavy (non-hydrogen) atoms. The number of carbonyl (C=O) groups excluding carboxylic acids is 2. The second-order valence-electron chi connectivity index (χ2n) is 5.10. The fourth-order valence-corrected chi connectivity index (χ4v) is 2.46. The van der Waals surface area contributed by atoms with E-state index in [9.17, 15) is 14.0 Å². The summed E-state index contributed by atoms with van der Waals surface area (Å²) in [4.78, 5) is 23.8. The molecule has 3 rings (SSSR count). The standard InChI is InChI=1S/C15H15FN4O3/c1-23-15(22)8-2-3-10(16)12(6-8)18-14(21)13-9-7-17-5-4-11(9)19-20-13/h2-3,6,17H,4-5,7H2,1H3,(H,18,21)(H,19,20). The molecular weight excluding hydrogens is 303 g/mol. The van der Waals surface area contributed by atoms with E-state index in [4.69, 9.17) is 0 Å². The molecule has 0 bridgehead atoms. The van der Waals surface area contributed by atoms with Crippen molar-refractivity contribution < 1.29 is 18.7 Å². The third kappa shape index (κ3) is 2.93. The number of aromatic nitrogens is 2. The van der Waals surface area contributed by atoms with Crippen molar-refractivity contribution in [3.05, 3.63) is 46.5 Å². The van der Waals surface area contributed by atoms with Crippen molar-refractivity contribution in [2.24, 2.45) is 0 Å². The van der Waals surface area contributed by atoms with Crippen LogP contribution in [-0.4, -0.2) is 35.7 Å². The van der Waals surface area contributed by atoms with E-state index in [2.05, 4.69) is 25.6 Å². The van der Waals surface area contributed by atoms with Crippen LogP contribution in [0.2, 0.25) is 0 Å². The minimum Gasteiger partial charge on any atom is -0.465 e. The minimum absolute atomic E-state index is 0.0987. The molecule has 1 aromatic heterocycles. The van der Waals surface area contributed by atoms with Gasteiger partial charge < -0.3 is 15.4 Å². The van der Waals surface area contributed by atoms with Crippen molar-refractivity contribution in [3.63, 3.8) is 0 Å². The number of halogens is 1. The van der Waals surface area contributed by atoms with E-state index in [1.807, 2.05) is 0 Å². The quantitative estimate of drug-likeness (QED) is 0.740. The van der Waals surface area contributed by atoms with E-state index >= 15 is 0 Å². The lowest BCUT2D eigenvalue weighted by atomic mass is 10.1. The van der Waals surface area contributed by atoms with Crippen LogP contribution < -0.4 is 10.6 Å². The van der Waals surface area contributed by atoms with Gasteiger partial charge in [-0.2, -0.15) is 5.10 Å². The predicted octanol–water partition coefficient (Wildman–Crippen LogP) is 1.23. The van der Waals surface area contributed by atoms with Crippen molar-refractivity contribution in [3.8, 4) is 0 Å². The van der Waals surface area contributed by atoms with Crippen LogP contribution in [0.4, 0.5) is 10.1 Å². The monoisotopic (exact) mass is 318 g/mol. The Morgan fingerprint density at radius 3 is 3.00 bits per heavy atom. The summed E-state index contributed by atoms with van der Waals surface area (Å²) in [6.45, 7) is 1.34. The molecule has 0 radical (unpaired) electrons. The highest BCUT2D eigenvalue weighted by Gasteiger charge is 2.22. The summed E-state index contributed by atoms with van der Waals surface area (Å²) >= 11 is 0. The molecule has 0 unspecified atom stereocenters. The van der Waals surface area contributed by atoms with Crippen molar-refractivity contribution in [1.29, 1.82) is 0 Å². The zero-order valence-electron chi connectivity index (χ0n) is 12.4. The zero-order valence-corrected chi connectivity index (χ0v) is 12.4. The highest BCUT2D eigenvalue weighted by atomic mass is 19.1. The number of esters is 1. The van der Waals surface area contributed by atoms with Gasteiger partial charge in [0.15, 0.2) is 5.69 Å². The number of H-pyrrole nitrogens is 1. The smallest absolute Gasteiger partial charge is 0.337 e. The third-order valence-electron chi connectivity index (χ3n) is 3.66. The van der Waals surface area contributed by atoms with Crippen LogP contribution in [0, 0.1) is 5.82 Å². The van der Waals surface area contributed by atoms with E-state index in [-0.39, 0.29) is 16.9 Å². The van der Waals surface area contributed by atoms with Crippen molar-refractivity contribution in [2.45, 2.75) is 13.0 Å². The maximum absolute atomic E-state index is 13.9. The van der Waals surface area contributed by atoms with Crippen molar-refractivity contribution in [2.75, 3.05) is 19.0 Å². The van der Waals surface area contributed by atoms with Crippen LogP contribution in [0.5, 0.6) is 0 Å². The summed E-state index contributed by atoms with van der Waals surface area (Å²) in [6.07, 6.45) is 0.752. The molecule has 0 fully saturated rings. The SMILES string of the molecule is COC(=O)c1ccc(F)c(NC(=O)c2n[nH]c3c2CNCC3)c1. The van der Waals surface area contributed by atoms with Gasteiger partial charge in [0, 0.05) is 30.8 Å². The van der Waals surface area contributed by atoms with E-state index in [1.54, 1.807) is 0 Å². The van der Waals surface area contributed by atoms with Gasteiger partial charge in [-0.05, 0) is 18.2 Å². The number of methoxy groups -OCH3 is 1. The number of fused-ring (bicyclic) bond motifs is 1. The lowest BCUT2D eigenvalue weighted by molar-refractivity contribution is 0.0600. The maximum atomic E-state index is 13.9. The van der Waals surface area contributed by atoms with Gasteiger partial charge in [0.05, 0.1) is 18.4 Å². The Morgan fingerprint density at radius 2 is 2.22 bits per heavy atom. The molecule has 0 aliphatic carbocycles. The number of carbonyl (C=O) groups is 2. The molecule has 1 aliphatic rings. The van der Waals surface area contributed by atoms with Crippen LogP contribution in [-0.2, 0) is 17.7 Å². The molecule has 0 spiro atoms. The van der Waals surface area contributed by atoms with Crippen molar-refractivity contribution >= 4 is 17.6 Å². The van der Waals surface area contributed by atoms with Gasteiger partial charge in [-0.3, -0.25) is 9.89 Å². The topological polar surface area (TPSA) is 96.1 Å². The van der Waals surface area contributed by atoms with Crippen LogP contribution in [0.3, 0.4) is 0 Å². The lowest BCUT2D eigenvalue weighted by Crippen LogP contribution is -2.25. The van der Waals surface area contributed by atoms with E-state index in [0.717, 1.165) is 30.3 Å². The molecule has 3 N–H and O–H groups in total. The summed E-state index contributed by atoms with van der Waals surface area (Å²) in [5, 5.41) is 12.4. The summed E-state index contributed by atoms with van der Waals surface area (Å²) in [5.74, 6) is -1.79. The summed E-state index contributed by atoms with van der Waals surface area (Å²) < 4.78 is 18.5. The lowest BCUT2D eigenvalue weighted by Gasteiger charge is -2.13. The van der Waals surface area contributed by atoms with Crippen LogP contribution >= 0.6 is 0 Å². The summed E-state index contributed by atoms with van der Waals surface area (Å²) in [7, 11) is 1.23. The number of hydrogen-bond acceptors (Lipinski definition) is 5. The normalized spacial score (nSPS) is 13.3. The molecule has 1 amide bonds. The van der Waals surface area contributed by atoms with Gasteiger partial charge in [0.2, 0.25) is 0 Å². The Bertz CT molecular complexity index is 772. The number of nitrogens with one attached hydrogen (secondary N) is 3. The average molecular weight is 318 g/mol. The number of rotatable bonds is 3. The van der Waals surface area contributed by atoms with Gasteiger partial charge in [-0.15, -0.1) is 0 Å². The zero-order chi connectivity index (χ0) is 16.4. The molecule has 0 saturated heterocycles. The van der Waals surface area contributed by atoms with Gasteiger partial charge in [0.25, 0.3) is 5.91 Å². The van der Waals surface area contributed by atoms with Gasteiger partial charge >= 0.3 is 5.97 Å². The second-order valence-corrected chi connectivity index (χ2v) is 5.10. The molecule has 120 valence electrons. The van der Waals surface area contributed by atoms with Gasteiger partial charge in [-0.1, -0.05) is 0 Å². The first-order valence-electron chi connectivity index (χ1n) is 7.06. The largest absolute Gasteiger partial charge is 0.465 e. The Kier molecular flexibility index (Phi) is 4.07. The minimum atomic E-state index is -0.645. The molecule has 8 heteroatoms. The number of nitrogens with zero attached hydrogens (tertiary/aromatic N) is 1. The van der Waals surface area contributed by atoms with E-state index < -0.39 is 17.7 Å². The summed E-state index contributed by atoms with van der Waals surface area (Å²) in [5.41, 5.74) is 1.94. The number of benzene rings is 1. The first-order valence-corrected chi connectivity index (χ1v) is 7.06. The van der Waals surface area contributed by atoms with Gasteiger partial charge in [-0.25, -0.2) is 9.18 Å². The molecular formula is C15H15FN4O3. The van der Waals surface area contributed by atoms with Crippen LogP contribution in [0.1, 0.15) is 32.1 Å². The fraction of sp³-hybridized carbons (Fsp3) is 0.267. The fourth-order valence-electron chi connectivity index (χ4n) is 2.46. The molecule has 1 aromatic carbocycles. The number of ether oxygens (including phenoxy) is 1. The molecule has 7 nitrogen and oxygen atoms in total. The number of amides is 1. The van der Waals surface area contributed by atoms with E-state index in [0.29, 0.717) is 6.54 Å². The predicted molar refractivity (Wildman–Crippen MR) is 79.7 cm³/mol. The van der Waals surface area contributed by atoms with Gasteiger partial charge in [0.1, 0.15) is 5.82 Å². The van der Waals surface area contributed by atoms with E-state index in [1.165, 1.54) is 19.2 Å². The Morgan fingerprint density at radius 1 is 1.39 bits per heavy atom. The Labute approximate surface area is 131 Å². The maximum Gasteiger partial charge on any atom is 0.337 e. The van der Waals surface area contributed by atoms with Crippen LogP contribution in [0.25, 0.3) is 0 Å². The van der Waals surface area contributed by atoms with Crippen LogP contribution in [0.15, 0.2) is 18.2 Å². The number of hydrogen-bond donors (Lipinski definition) is 3. The average Bonchev–Trinajstić information content (AvgIpc) is 3.00. The summed E-state index contributed by atoms with van der Waals surface area (Å²) in [6, 6.07) is 3.62. The Balaban J connectivity index is 1.85. The second kappa shape index (κ2) is 6.17. The first kappa shape index (κ1) is 15.2.